The van der Waals surface area contributed by atoms with Crippen LogP contribution in [0.2, 0.25) is 0 Å². The van der Waals surface area contributed by atoms with Gasteiger partial charge in [-0.2, -0.15) is 0 Å². The fourth-order valence-corrected chi connectivity index (χ4v) is 0.317. The third-order valence-corrected chi connectivity index (χ3v) is 0.807. The molecule has 3 heteroatoms. The second kappa shape index (κ2) is 4.49. The van der Waals surface area contributed by atoms with Crippen molar-refractivity contribution < 1.29 is 9.90 Å². The van der Waals surface area contributed by atoms with Crippen LogP contribution in [-0.2, 0) is 4.79 Å². The van der Waals surface area contributed by atoms with E-state index >= 15 is 0 Å². The summed E-state index contributed by atoms with van der Waals surface area (Å²) in [6.45, 7) is 3.28. The highest BCUT2D eigenvalue weighted by Gasteiger charge is 1.95. The van der Waals surface area contributed by atoms with Crippen molar-refractivity contribution in [3.05, 3.63) is 24.3 Å². The maximum Gasteiger partial charge on any atom is 0.335 e. The molecule has 0 aliphatic carbocycles. The van der Waals surface area contributed by atoms with Crippen molar-refractivity contribution in [2.24, 2.45) is 4.99 Å². The van der Waals surface area contributed by atoms with E-state index in [1.165, 1.54) is 18.4 Å². The first-order valence-electron chi connectivity index (χ1n) is 2.69. The highest BCUT2D eigenvalue weighted by molar-refractivity contribution is 5.90. The van der Waals surface area contributed by atoms with Crippen molar-refractivity contribution >= 4 is 12.2 Å². The number of aliphatic carboxylic acids is 1. The summed E-state index contributed by atoms with van der Waals surface area (Å²) in [5.74, 6) is -1.01. The third kappa shape index (κ3) is 3.60. The maximum atomic E-state index is 10.1. The van der Waals surface area contributed by atoms with E-state index in [0.29, 0.717) is 0 Å². The number of aliphatic imine (C=N–C) groups is 1. The van der Waals surface area contributed by atoms with Gasteiger partial charge in [-0.05, 0) is 12.2 Å². The molecule has 0 unspecified atom stereocenters. The average molecular weight is 139 g/mol. The van der Waals surface area contributed by atoms with Crippen LogP contribution in [0.4, 0.5) is 0 Å². The molecule has 0 aromatic rings. The van der Waals surface area contributed by atoms with Gasteiger partial charge in [0.25, 0.3) is 0 Å². The Morgan fingerprint density at radius 1 is 1.70 bits per heavy atom. The molecular formula is C7H9NO2. The van der Waals surface area contributed by atoms with Crippen molar-refractivity contribution in [2.45, 2.75) is 0 Å². The number of allylic oxidation sites excluding steroid dienone is 1. The normalized spacial score (nSPS) is 10.9. The van der Waals surface area contributed by atoms with Crippen molar-refractivity contribution in [1.82, 2.24) is 0 Å². The molecule has 0 amide bonds. The van der Waals surface area contributed by atoms with Crippen LogP contribution in [-0.4, -0.2) is 24.3 Å². The predicted molar refractivity (Wildman–Crippen MR) is 40.3 cm³/mol. The molecule has 0 spiro atoms. The van der Waals surface area contributed by atoms with Gasteiger partial charge in [0, 0.05) is 13.3 Å². The van der Waals surface area contributed by atoms with E-state index in [2.05, 4.69) is 11.6 Å². The average Bonchev–Trinajstić information content (AvgIpc) is 1.88. The lowest BCUT2D eigenvalue weighted by molar-refractivity contribution is -0.132. The summed E-state index contributed by atoms with van der Waals surface area (Å²) in [7, 11) is 1.61. The zero-order valence-corrected chi connectivity index (χ0v) is 5.74. The van der Waals surface area contributed by atoms with Gasteiger partial charge in [0.05, 0.1) is 5.57 Å². The van der Waals surface area contributed by atoms with Gasteiger partial charge in [-0.25, -0.2) is 4.79 Å². The summed E-state index contributed by atoms with van der Waals surface area (Å²) in [6, 6.07) is 0. The second-order valence-electron chi connectivity index (χ2n) is 1.60. The molecule has 0 aliphatic heterocycles. The first-order chi connectivity index (χ1) is 4.68. The lowest BCUT2D eigenvalue weighted by atomic mass is 10.3. The summed E-state index contributed by atoms with van der Waals surface area (Å²) < 4.78 is 0. The zero-order chi connectivity index (χ0) is 7.98. The summed E-state index contributed by atoms with van der Waals surface area (Å²) in [4.78, 5) is 13.7. The fraction of sp³-hybridized carbons (Fsp3) is 0.143. The van der Waals surface area contributed by atoms with Crippen LogP contribution < -0.4 is 0 Å². The number of hydrogen-bond donors (Lipinski definition) is 1. The zero-order valence-electron chi connectivity index (χ0n) is 5.74. The summed E-state index contributed by atoms with van der Waals surface area (Å²) in [5, 5.41) is 8.29. The number of nitrogens with zero attached hydrogens (tertiary/aromatic N) is 1. The molecule has 0 heterocycles. The van der Waals surface area contributed by atoms with Gasteiger partial charge in [0.15, 0.2) is 0 Å². The Labute approximate surface area is 59.4 Å². The largest absolute Gasteiger partial charge is 0.478 e. The van der Waals surface area contributed by atoms with E-state index in [0.717, 1.165) is 0 Å². The number of rotatable bonds is 3. The van der Waals surface area contributed by atoms with E-state index in [9.17, 15) is 4.79 Å². The SMILES string of the molecule is C=C(/C=C\C=NC)C(=O)O. The molecule has 10 heavy (non-hydrogen) atoms. The Kier molecular flexibility index (Phi) is 3.87. The molecule has 54 valence electrons. The van der Waals surface area contributed by atoms with Gasteiger partial charge < -0.3 is 5.11 Å². The van der Waals surface area contributed by atoms with E-state index in [4.69, 9.17) is 5.11 Å². The van der Waals surface area contributed by atoms with Gasteiger partial charge in [-0.1, -0.05) is 6.58 Å². The number of hydrogen-bond acceptors (Lipinski definition) is 2. The monoisotopic (exact) mass is 139 g/mol. The molecule has 0 rings (SSSR count). The van der Waals surface area contributed by atoms with Crippen molar-refractivity contribution in [3.63, 3.8) is 0 Å². The predicted octanol–water partition coefficient (Wildman–Crippen LogP) is 0.884. The first kappa shape index (κ1) is 8.62. The van der Waals surface area contributed by atoms with Crippen LogP contribution in [0.5, 0.6) is 0 Å². The standard InChI is InChI=1S/C7H9NO2/c1-6(7(9)10)4-3-5-8-2/h3-5H,1H2,2H3,(H,9,10)/b4-3-,8-5?. The quantitative estimate of drug-likeness (QED) is 0.358. The Morgan fingerprint density at radius 2 is 2.30 bits per heavy atom. The first-order valence-corrected chi connectivity index (χ1v) is 2.69. The van der Waals surface area contributed by atoms with Crippen LogP contribution in [0, 0.1) is 0 Å². The Morgan fingerprint density at radius 3 is 2.70 bits per heavy atom. The number of carboxylic acids is 1. The van der Waals surface area contributed by atoms with Gasteiger partial charge >= 0.3 is 5.97 Å². The lowest BCUT2D eigenvalue weighted by Crippen LogP contribution is -1.94. The molecule has 0 saturated heterocycles. The topological polar surface area (TPSA) is 49.7 Å². The molecule has 3 nitrogen and oxygen atoms in total. The fourth-order valence-electron chi connectivity index (χ4n) is 0.317. The molecule has 0 atom stereocenters. The molecule has 0 aromatic carbocycles. The molecular weight excluding hydrogens is 130 g/mol. The van der Waals surface area contributed by atoms with Crippen molar-refractivity contribution in [3.8, 4) is 0 Å². The Balaban J connectivity index is 3.90. The third-order valence-electron chi connectivity index (χ3n) is 0.807. The van der Waals surface area contributed by atoms with Crippen molar-refractivity contribution in [1.29, 1.82) is 0 Å². The van der Waals surface area contributed by atoms with Gasteiger partial charge in [-0.15, -0.1) is 0 Å². The summed E-state index contributed by atoms with van der Waals surface area (Å²) in [6.07, 6.45) is 4.40. The van der Waals surface area contributed by atoms with E-state index in [1.807, 2.05) is 0 Å². The van der Waals surface area contributed by atoms with E-state index in [1.54, 1.807) is 7.05 Å². The molecule has 0 radical (unpaired) electrons. The second-order valence-corrected chi connectivity index (χ2v) is 1.60. The van der Waals surface area contributed by atoms with Crippen LogP contribution in [0.15, 0.2) is 29.3 Å². The Bertz CT molecular complexity index is 192. The van der Waals surface area contributed by atoms with Crippen molar-refractivity contribution in [2.75, 3.05) is 7.05 Å². The molecule has 0 bridgehead atoms. The summed E-state index contributed by atoms with van der Waals surface area (Å²) >= 11 is 0. The summed E-state index contributed by atoms with van der Waals surface area (Å²) in [5.41, 5.74) is 0.0555. The van der Waals surface area contributed by atoms with Crippen LogP contribution in [0.3, 0.4) is 0 Å². The molecule has 0 aliphatic rings. The lowest BCUT2D eigenvalue weighted by Gasteiger charge is -1.85. The van der Waals surface area contributed by atoms with Crippen LogP contribution >= 0.6 is 0 Å². The minimum absolute atomic E-state index is 0.0555. The minimum atomic E-state index is -1.01. The minimum Gasteiger partial charge on any atom is -0.478 e. The van der Waals surface area contributed by atoms with Crippen LogP contribution in [0.25, 0.3) is 0 Å². The molecule has 0 aromatic heterocycles. The highest BCUT2D eigenvalue weighted by Crippen LogP contribution is 1.89. The molecule has 0 saturated carbocycles. The van der Waals surface area contributed by atoms with Gasteiger partial charge in [0.2, 0.25) is 0 Å². The maximum absolute atomic E-state index is 10.1. The van der Waals surface area contributed by atoms with Gasteiger partial charge in [-0.3, -0.25) is 4.99 Å². The highest BCUT2D eigenvalue weighted by atomic mass is 16.4. The van der Waals surface area contributed by atoms with E-state index in [-0.39, 0.29) is 5.57 Å². The molecule has 0 fully saturated rings. The number of carbonyl (C=O) groups is 1. The van der Waals surface area contributed by atoms with Crippen LogP contribution in [0.1, 0.15) is 0 Å². The Hall–Kier alpha value is -1.38. The van der Waals surface area contributed by atoms with E-state index < -0.39 is 5.97 Å². The smallest absolute Gasteiger partial charge is 0.335 e. The molecule has 1 N–H and O–H groups in total. The number of carboxylic acid groups (broad SMARTS) is 1. The van der Waals surface area contributed by atoms with Gasteiger partial charge in [0.1, 0.15) is 0 Å².